The second-order valence-electron chi connectivity index (χ2n) is 12.6. The van der Waals surface area contributed by atoms with E-state index < -0.39 is 24.2 Å². The molecular formula is C34H42Br2N6Si3. The number of rotatable bonds is 0. The number of anilines is 3. The van der Waals surface area contributed by atoms with E-state index in [0.717, 1.165) is 20.6 Å². The molecule has 6 nitrogen and oxygen atoms in total. The molecule has 0 aromatic carbocycles. The molecule has 0 amide bonds. The molecule has 45 heavy (non-hydrogen) atoms. The smallest absolute Gasteiger partial charge is 0.129 e. The minimum absolute atomic E-state index is 0.470. The van der Waals surface area contributed by atoms with Gasteiger partial charge < -0.3 is 17.2 Å². The first kappa shape index (κ1) is 41.3. The molecule has 6 N–H and O–H groups in total. The molecule has 0 spiro atoms. The van der Waals surface area contributed by atoms with E-state index in [9.17, 15) is 0 Å². The number of halogens is 2. The van der Waals surface area contributed by atoms with Gasteiger partial charge >= 0.3 is 0 Å². The number of aromatic nitrogens is 3. The number of nitrogens with zero attached hydrogens (tertiary/aromatic N) is 3. The summed E-state index contributed by atoms with van der Waals surface area (Å²) in [6.07, 6.45) is 15.3. The van der Waals surface area contributed by atoms with Crippen molar-refractivity contribution in [1.82, 2.24) is 15.0 Å². The number of nitrogen functional groups attached to an aromatic ring is 3. The van der Waals surface area contributed by atoms with Crippen LogP contribution in [0.2, 0.25) is 58.9 Å². The molecular weight excluding hydrogens is 736 g/mol. The lowest BCUT2D eigenvalue weighted by Crippen LogP contribution is -2.16. The number of hydrogen-bond acceptors (Lipinski definition) is 6. The average Bonchev–Trinajstić information content (AvgIpc) is 2.89. The van der Waals surface area contributed by atoms with Gasteiger partial charge in [0.05, 0.1) is 0 Å². The molecule has 0 aliphatic heterocycles. The van der Waals surface area contributed by atoms with Crippen molar-refractivity contribution in [3.05, 3.63) is 68.4 Å². The van der Waals surface area contributed by atoms with Crippen LogP contribution >= 0.6 is 31.9 Å². The Morgan fingerprint density at radius 2 is 0.800 bits per heavy atom. The zero-order valence-electron chi connectivity index (χ0n) is 27.5. The first-order valence-electron chi connectivity index (χ1n) is 13.7. The molecule has 0 saturated carbocycles. The topological polar surface area (TPSA) is 117 Å². The van der Waals surface area contributed by atoms with Crippen LogP contribution < -0.4 is 17.2 Å². The largest absolute Gasteiger partial charge is 0.399 e. The van der Waals surface area contributed by atoms with Crippen LogP contribution in [-0.2, 0) is 0 Å². The van der Waals surface area contributed by atoms with Crippen LogP contribution in [0.5, 0.6) is 0 Å². The molecule has 0 fully saturated rings. The Bertz CT molecular complexity index is 1580. The predicted molar refractivity (Wildman–Crippen MR) is 210 cm³/mol. The number of pyridine rings is 3. The maximum absolute atomic E-state index is 5.89. The zero-order valence-corrected chi connectivity index (χ0v) is 33.7. The quantitative estimate of drug-likeness (QED) is 0.124. The second kappa shape index (κ2) is 18.9. The fraction of sp³-hybridized carbons (Fsp3) is 0.265. The van der Waals surface area contributed by atoms with Gasteiger partial charge in [0, 0.05) is 17.1 Å². The standard InChI is InChI=1S/C15H22N2Si2.C9H6N2.C5H4Br2N2.C5H10Si/c1-18(2,3)9-7-14-11-13(16)12-15(17-14)8-10-19(4,5)6;1-3-8-5-7(10)6-9(4-2)11-8;6-4-1-3(8)2-5(7)9-4;1-5-6(2,3)4/h11-12H,1-6H3,(H2,16,17);1-2,5-6H,(H2,10,11);1-2H,(H2,8,9);1H,2-4H3. The van der Waals surface area contributed by atoms with E-state index in [1.54, 1.807) is 24.3 Å². The average molecular weight is 779 g/mol. The number of nitrogens with two attached hydrogens (primary N) is 3. The monoisotopic (exact) mass is 776 g/mol. The lowest BCUT2D eigenvalue weighted by molar-refractivity contribution is 1.23. The van der Waals surface area contributed by atoms with Crippen molar-refractivity contribution < 1.29 is 0 Å². The molecule has 0 atom stereocenters. The van der Waals surface area contributed by atoms with Gasteiger partial charge in [0.1, 0.15) is 56.2 Å². The third-order valence-corrected chi connectivity index (χ3v) is 7.77. The SMILES string of the molecule is C#C[Si](C)(C)C.C#Cc1cc(N)cc(C#C)n1.C[Si](C)(C)C#Cc1cc(N)cc(C#C[Si](C)(C)C)n1.Nc1cc(Br)nc(Br)c1. The Morgan fingerprint density at radius 1 is 0.511 bits per heavy atom. The third kappa shape index (κ3) is 22.4. The van der Waals surface area contributed by atoms with Crippen LogP contribution in [0.25, 0.3) is 0 Å². The van der Waals surface area contributed by atoms with Gasteiger partial charge in [-0.1, -0.05) is 82.6 Å². The van der Waals surface area contributed by atoms with Crippen LogP contribution in [0.1, 0.15) is 22.8 Å². The first-order valence-corrected chi connectivity index (χ1v) is 25.8. The highest BCUT2D eigenvalue weighted by Crippen LogP contribution is 2.16. The lowest BCUT2D eigenvalue weighted by atomic mass is 10.3. The molecule has 3 rings (SSSR count). The number of hydrogen-bond donors (Lipinski definition) is 3. The molecule has 0 bridgehead atoms. The van der Waals surface area contributed by atoms with Crippen LogP contribution in [0.15, 0.2) is 45.6 Å². The molecule has 0 saturated heterocycles. The lowest BCUT2D eigenvalue weighted by Gasteiger charge is -2.04. The van der Waals surface area contributed by atoms with Gasteiger partial charge in [0.25, 0.3) is 0 Å². The molecule has 0 aliphatic rings. The summed E-state index contributed by atoms with van der Waals surface area (Å²) in [4.78, 5) is 12.4. The van der Waals surface area contributed by atoms with E-state index in [0.29, 0.717) is 28.5 Å². The maximum Gasteiger partial charge on any atom is 0.129 e. The Kier molecular flexibility index (Phi) is 17.4. The fourth-order valence-corrected chi connectivity index (χ4v) is 4.52. The number of terminal acetylenes is 3. The van der Waals surface area contributed by atoms with E-state index >= 15 is 0 Å². The van der Waals surface area contributed by atoms with Crippen molar-refractivity contribution in [2.45, 2.75) is 58.9 Å². The summed E-state index contributed by atoms with van der Waals surface area (Å²) in [5.74, 6) is 11.0. The van der Waals surface area contributed by atoms with Gasteiger partial charge in [0.2, 0.25) is 0 Å². The van der Waals surface area contributed by atoms with Crippen LogP contribution in [0.3, 0.4) is 0 Å². The Morgan fingerprint density at radius 3 is 1.07 bits per heavy atom. The van der Waals surface area contributed by atoms with Crippen LogP contribution in [-0.4, -0.2) is 39.2 Å². The van der Waals surface area contributed by atoms with Crippen LogP contribution in [0.4, 0.5) is 17.1 Å². The molecule has 0 radical (unpaired) electrons. The van der Waals surface area contributed by atoms with Gasteiger partial charge in [-0.3, -0.25) is 0 Å². The van der Waals surface area contributed by atoms with Crippen molar-refractivity contribution in [3.63, 3.8) is 0 Å². The highest BCUT2D eigenvalue weighted by Gasteiger charge is 2.09. The van der Waals surface area contributed by atoms with Gasteiger partial charge in [-0.15, -0.1) is 35.9 Å². The van der Waals surface area contributed by atoms with Gasteiger partial charge in [0.15, 0.2) is 0 Å². The van der Waals surface area contributed by atoms with E-state index in [2.05, 4.69) is 146 Å². The minimum atomic E-state index is -1.39. The molecule has 3 heterocycles. The normalized spacial score (nSPS) is 9.96. The second-order valence-corrected chi connectivity index (χ2v) is 28.5. The van der Waals surface area contributed by atoms with Gasteiger partial charge in [-0.25, -0.2) is 15.0 Å². The van der Waals surface area contributed by atoms with Gasteiger partial charge in [-0.05, 0) is 68.3 Å². The van der Waals surface area contributed by atoms with Crippen molar-refractivity contribution in [2.75, 3.05) is 17.2 Å². The Hall–Kier alpha value is -3.74. The Labute approximate surface area is 290 Å². The maximum atomic E-state index is 5.89. The fourth-order valence-electron chi connectivity index (χ4n) is 2.37. The van der Waals surface area contributed by atoms with Gasteiger partial charge in [-0.2, -0.15) is 0 Å². The summed E-state index contributed by atoms with van der Waals surface area (Å²) in [6, 6.07) is 10.3. The molecule has 0 aliphatic carbocycles. The summed E-state index contributed by atoms with van der Waals surface area (Å²) in [5, 5.41) is 0. The highest BCUT2D eigenvalue weighted by molar-refractivity contribution is 9.11. The van der Waals surface area contributed by atoms with Crippen molar-refractivity contribution in [1.29, 1.82) is 0 Å². The molecule has 11 heteroatoms. The summed E-state index contributed by atoms with van der Waals surface area (Å²) in [5.41, 5.74) is 30.5. The van der Waals surface area contributed by atoms with Crippen LogP contribution in [0, 0.1) is 59.6 Å². The zero-order chi connectivity index (χ0) is 35.0. The minimum Gasteiger partial charge on any atom is -0.399 e. The van der Waals surface area contributed by atoms with Crippen molar-refractivity contribution in [3.8, 4) is 59.6 Å². The third-order valence-electron chi connectivity index (χ3n) is 4.34. The summed E-state index contributed by atoms with van der Waals surface area (Å²) in [6.45, 7) is 19.7. The molecule has 0 unspecified atom stereocenters. The first-order chi connectivity index (χ1) is 20.6. The van der Waals surface area contributed by atoms with Crippen molar-refractivity contribution >= 4 is 73.1 Å². The summed E-state index contributed by atoms with van der Waals surface area (Å²) >= 11 is 6.38. The van der Waals surface area contributed by atoms with E-state index in [-0.39, 0.29) is 0 Å². The highest BCUT2D eigenvalue weighted by atomic mass is 79.9. The molecule has 3 aromatic heterocycles. The van der Waals surface area contributed by atoms with Crippen molar-refractivity contribution in [2.24, 2.45) is 0 Å². The van der Waals surface area contributed by atoms with E-state index in [1.807, 2.05) is 12.1 Å². The molecule has 234 valence electrons. The Balaban J connectivity index is 0.000000630. The molecule has 3 aromatic rings. The van der Waals surface area contributed by atoms with E-state index in [4.69, 9.17) is 36.5 Å². The van der Waals surface area contributed by atoms with E-state index in [1.165, 1.54) is 0 Å². The predicted octanol–water partition coefficient (Wildman–Crippen LogP) is 7.43. The summed E-state index contributed by atoms with van der Waals surface area (Å²) in [7, 11) is -3.89. The summed E-state index contributed by atoms with van der Waals surface area (Å²) < 4.78 is 1.49.